The minimum atomic E-state index is -1.13. The Morgan fingerprint density at radius 1 is 1.14 bits per heavy atom. The highest BCUT2D eigenvalue weighted by Gasteiger charge is 2.22. The molecule has 0 bridgehead atoms. The molecule has 21 heavy (non-hydrogen) atoms. The molecule has 0 aliphatic carbocycles. The van der Waals surface area contributed by atoms with Crippen LogP contribution in [-0.4, -0.2) is 17.0 Å². The number of halogens is 1. The molecule has 0 fully saturated rings. The minimum Gasteiger partial charge on any atom is -0.479 e. The van der Waals surface area contributed by atoms with Crippen LogP contribution < -0.4 is 11.1 Å². The number of hydrogen-bond acceptors (Lipinski definition) is 3. The lowest BCUT2D eigenvalue weighted by Gasteiger charge is -2.15. The zero-order valence-electron chi connectivity index (χ0n) is 10.9. The number of carbonyl (C=O) groups excluding carboxylic acids is 1. The molecule has 0 saturated heterocycles. The van der Waals surface area contributed by atoms with Gasteiger partial charge in [-0.25, -0.2) is 4.79 Å². The van der Waals surface area contributed by atoms with E-state index < -0.39 is 17.9 Å². The van der Waals surface area contributed by atoms with E-state index >= 15 is 0 Å². The molecule has 1 atom stereocenters. The minimum absolute atomic E-state index is 0.295. The van der Waals surface area contributed by atoms with Gasteiger partial charge in [0.2, 0.25) is 0 Å². The van der Waals surface area contributed by atoms with E-state index in [1.54, 1.807) is 42.5 Å². The molecule has 0 aliphatic rings. The van der Waals surface area contributed by atoms with Crippen LogP contribution in [0.1, 0.15) is 22.0 Å². The summed E-state index contributed by atoms with van der Waals surface area (Å²) in [6, 6.07) is 12.1. The highest BCUT2D eigenvalue weighted by molar-refractivity contribution is 9.10. The molecule has 0 radical (unpaired) electrons. The lowest BCUT2D eigenvalue weighted by molar-refractivity contribution is -0.139. The maximum atomic E-state index is 12.2. The van der Waals surface area contributed by atoms with Gasteiger partial charge in [-0.05, 0) is 23.8 Å². The summed E-state index contributed by atoms with van der Waals surface area (Å²) in [5.74, 6) is -1.63. The average Bonchev–Trinajstić information content (AvgIpc) is 2.44. The number of nitrogens with two attached hydrogens (primary N) is 1. The number of carboxylic acids is 1. The molecule has 5 nitrogen and oxygen atoms in total. The molecule has 0 aliphatic heterocycles. The van der Waals surface area contributed by atoms with Crippen molar-refractivity contribution in [2.45, 2.75) is 6.04 Å². The van der Waals surface area contributed by atoms with Crippen molar-refractivity contribution in [3.63, 3.8) is 0 Å². The first kappa shape index (κ1) is 15.1. The third kappa shape index (κ3) is 3.82. The predicted octanol–water partition coefficient (Wildman–Crippen LogP) is 2.59. The van der Waals surface area contributed by atoms with Gasteiger partial charge in [0, 0.05) is 15.7 Å². The van der Waals surface area contributed by atoms with Gasteiger partial charge in [0.1, 0.15) is 0 Å². The van der Waals surface area contributed by atoms with E-state index in [2.05, 4.69) is 21.2 Å². The number of nitrogen functional groups attached to an aromatic ring is 1. The Labute approximate surface area is 129 Å². The van der Waals surface area contributed by atoms with Crippen molar-refractivity contribution >= 4 is 33.5 Å². The van der Waals surface area contributed by atoms with E-state index in [-0.39, 0.29) is 0 Å². The van der Waals surface area contributed by atoms with Gasteiger partial charge >= 0.3 is 5.97 Å². The van der Waals surface area contributed by atoms with Crippen LogP contribution in [0, 0.1) is 0 Å². The first-order valence-corrected chi connectivity index (χ1v) is 6.91. The van der Waals surface area contributed by atoms with Crippen LogP contribution in [0.2, 0.25) is 0 Å². The lowest BCUT2D eigenvalue weighted by Crippen LogP contribution is -2.33. The second kappa shape index (κ2) is 6.41. The number of nitrogens with one attached hydrogen (secondary N) is 1. The zero-order valence-corrected chi connectivity index (χ0v) is 12.5. The number of anilines is 1. The van der Waals surface area contributed by atoms with Crippen molar-refractivity contribution in [2.75, 3.05) is 5.73 Å². The van der Waals surface area contributed by atoms with Gasteiger partial charge in [-0.2, -0.15) is 0 Å². The Kier molecular flexibility index (Phi) is 4.59. The van der Waals surface area contributed by atoms with Crippen molar-refractivity contribution in [2.24, 2.45) is 0 Å². The summed E-state index contributed by atoms with van der Waals surface area (Å²) < 4.78 is 0.652. The van der Waals surface area contributed by atoms with Crippen molar-refractivity contribution in [3.8, 4) is 0 Å². The highest BCUT2D eigenvalue weighted by Crippen LogP contribution is 2.19. The van der Waals surface area contributed by atoms with E-state index in [1.165, 1.54) is 6.07 Å². The standard InChI is InChI=1S/C15H13BrN2O3/c16-11-6-10(7-12(17)8-11)14(19)18-13(15(20)21)9-4-2-1-3-5-9/h1-8,13H,17H2,(H,18,19)(H,20,21)/t13-/m0/s1. The quantitative estimate of drug-likeness (QED) is 0.740. The second-order valence-electron chi connectivity index (χ2n) is 4.43. The van der Waals surface area contributed by atoms with Gasteiger partial charge in [0.05, 0.1) is 0 Å². The summed E-state index contributed by atoms with van der Waals surface area (Å²) >= 11 is 3.25. The van der Waals surface area contributed by atoms with E-state index in [9.17, 15) is 14.7 Å². The van der Waals surface area contributed by atoms with Crippen LogP contribution in [0.15, 0.2) is 53.0 Å². The molecule has 2 aromatic carbocycles. The number of benzene rings is 2. The van der Waals surface area contributed by atoms with Crippen LogP contribution in [0.4, 0.5) is 5.69 Å². The summed E-state index contributed by atoms with van der Waals surface area (Å²) in [6.07, 6.45) is 0. The summed E-state index contributed by atoms with van der Waals surface area (Å²) in [6.45, 7) is 0. The molecular formula is C15H13BrN2O3. The monoisotopic (exact) mass is 348 g/mol. The Hall–Kier alpha value is -2.34. The molecule has 2 aromatic rings. The van der Waals surface area contributed by atoms with E-state index in [1.807, 2.05) is 0 Å². The van der Waals surface area contributed by atoms with Gasteiger partial charge in [-0.3, -0.25) is 4.79 Å². The molecular weight excluding hydrogens is 336 g/mol. The van der Waals surface area contributed by atoms with Crippen molar-refractivity contribution in [3.05, 3.63) is 64.1 Å². The number of hydrogen-bond donors (Lipinski definition) is 3. The van der Waals surface area contributed by atoms with E-state index in [0.29, 0.717) is 21.3 Å². The molecule has 0 spiro atoms. The molecule has 6 heteroatoms. The van der Waals surface area contributed by atoms with Crippen LogP contribution in [0.5, 0.6) is 0 Å². The van der Waals surface area contributed by atoms with Gasteiger partial charge < -0.3 is 16.2 Å². The summed E-state index contributed by atoms with van der Waals surface area (Å²) in [7, 11) is 0. The maximum Gasteiger partial charge on any atom is 0.330 e. The number of amides is 1. The highest BCUT2D eigenvalue weighted by atomic mass is 79.9. The molecule has 0 aromatic heterocycles. The Bertz CT molecular complexity index is 654. The first-order valence-electron chi connectivity index (χ1n) is 6.12. The topological polar surface area (TPSA) is 92.4 Å². The van der Waals surface area contributed by atoms with Gasteiger partial charge in [-0.1, -0.05) is 46.3 Å². The maximum absolute atomic E-state index is 12.2. The van der Waals surface area contributed by atoms with Crippen molar-refractivity contribution < 1.29 is 14.7 Å². The molecule has 2 rings (SSSR count). The first-order chi connectivity index (χ1) is 9.97. The van der Waals surface area contributed by atoms with E-state index in [0.717, 1.165) is 0 Å². The Balaban J connectivity index is 2.25. The van der Waals surface area contributed by atoms with Gasteiger partial charge in [0.25, 0.3) is 5.91 Å². The lowest BCUT2D eigenvalue weighted by atomic mass is 10.1. The predicted molar refractivity (Wildman–Crippen MR) is 82.8 cm³/mol. The van der Waals surface area contributed by atoms with Crippen LogP contribution in [0.25, 0.3) is 0 Å². The van der Waals surface area contributed by atoms with Gasteiger partial charge in [0.15, 0.2) is 6.04 Å². The van der Waals surface area contributed by atoms with Crippen LogP contribution >= 0.6 is 15.9 Å². The molecule has 0 unspecified atom stereocenters. The second-order valence-corrected chi connectivity index (χ2v) is 5.34. The number of rotatable bonds is 4. The SMILES string of the molecule is Nc1cc(Br)cc(C(=O)N[C@H](C(=O)O)c2ccccc2)c1. The van der Waals surface area contributed by atoms with Gasteiger partial charge in [-0.15, -0.1) is 0 Å². The Morgan fingerprint density at radius 3 is 2.38 bits per heavy atom. The fraction of sp³-hybridized carbons (Fsp3) is 0.0667. The summed E-state index contributed by atoms with van der Waals surface area (Å²) in [5, 5.41) is 11.8. The third-order valence-electron chi connectivity index (χ3n) is 2.84. The van der Waals surface area contributed by atoms with Crippen LogP contribution in [0.3, 0.4) is 0 Å². The van der Waals surface area contributed by atoms with Crippen molar-refractivity contribution in [1.82, 2.24) is 5.32 Å². The summed E-state index contributed by atoms with van der Waals surface area (Å²) in [4.78, 5) is 23.5. The number of aliphatic carboxylic acids is 1. The average molecular weight is 349 g/mol. The number of carboxylic acid groups (broad SMARTS) is 1. The third-order valence-corrected chi connectivity index (χ3v) is 3.30. The smallest absolute Gasteiger partial charge is 0.330 e. The van der Waals surface area contributed by atoms with Crippen LogP contribution in [-0.2, 0) is 4.79 Å². The molecule has 108 valence electrons. The summed E-state index contributed by atoms with van der Waals surface area (Å²) in [5.41, 5.74) is 6.89. The van der Waals surface area contributed by atoms with E-state index in [4.69, 9.17) is 5.73 Å². The fourth-order valence-electron chi connectivity index (χ4n) is 1.89. The zero-order chi connectivity index (χ0) is 15.4. The molecule has 4 N–H and O–H groups in total. The van der Waals surface area contributed by atoms with Crippen molar-refractivity contribution in [1.29, 1.82) is 0 Å². The molecule has 1 amide bonds. The largest absolute Gasteiger partial charge is 0.479 e. The number of carbonyl (C=O) groups is 2. The molecule has 0 saturated carbocycles. The normalized spacial score (nSPS) is 11.7. The molecule has 0 heterocycles. The Morgan fingerprint density at radius 2 is 1.81 bits per heavy atom. The fourth-order valence-corrected chi connectivity index (χ4v) is 2.40.